The molecule has 2 aromatic carbocycles. The Labute approximate surface area is 222 Å². The lowest BCUT2D eigenvalue weighted by atomic mass is 10.0. The predicted molar refractivity (Wildman–Crippen MR) is 144 cm³/mol. The molecule has 0 radical (unpaired) electrons. The summed E-state index contributed by atoms with van der Waals surface area (Å²) in [6, 6.07) is 16.5. The van der Waals surface area contributed by atoms with E-state index in [-0.39, 0.29) is 23.9 Å². The zero-order valence-corrected chi connectivity index (χ0v) is 22.3. The van der Waals surface area contributed by atoms with Crippen molar-refractivity contribution in [1.29, 1.82) is 0 Å². The van der Waals surface area contributed by atoms with Crippen LogP contribution in [0.2, 0.25) is 0 Å². The number of carbonyl (C=O) groups is 3. The second-order valence-electron chi connectivity index (χ2n) is 9.84. The summed E-state index contributed by atoms with van der Waals surface area (Å²) in [5, 5.41) is 7.12. The Hall–Kier alpha value is -3.63. The number of sulfonamides is 1. The number of hydrogen-bond acceptors (Lipinski definition) is 6. The molecule has 2 atom stereocenters. The van der Waals surface area contributed by atoms with Crippen LogP contribution in [0.3, 0.4) is 0 Å². The molecule has 10 heteroatoms. The summed E-state index contributed by atoms with van der Waals surface area (Å²) in [6.45, 7) is 3.89. The zero-order valence-electron chi connectivity index (χ0n) is 21.5. The second-order valence-corrected chi connectivity index (χ2v) is 11.7. The number of aromatic nitrogens is 1. The Morgan fingerprint density at radius 2 is 1.76 bits per heavy atom. The maximum atomic E-state index is 13.5. The molecule has 0 bridgehead atoms. The van der Waals surface area contributed by atoms with Gasteiger partial charge in [0.05, 0.1) is 0 Å². The lowest BCUT2D eigenvalue weighted by Crippen LogP contribution is -2.58. The molecule has 200 valence electrons. The van der Waals surface area contributed by atoms with E-state index in [2.05, 4.69) is 15.6 Å². The van der Waals surface area contributed by atoms with Gasteiger partial charge >= 0.3 is 0 Å². The predicted octanol–water partition coefficient (Wildman–Crippen LogP) is 3.27. The number of amides is 2. The highest BCUT2D eigenvalue weighted by Gasteiger charge is 2.39. The molecule has 1 aliphatic rings. The zero-order chi connectivity index (χ0) is 27.3. The van der Waals surface area contributed by atoms with Crippen LogP contribution in [0, 0.1) is 5.92 Å². The van der Waals surface area contributed by atoms with Crippen molar-refractivity contribution in [3.8, 4) is 0 Å². The summed E-state index contributed by atoms with van der Waals surface area (Å²) < 4.78 is 27.8. The van der Waals surface area contributed by atoms with Gasteiger partial charge in [-0.2, -0.15) is 4.31 Å². The van der Waals surface area contributed by atoms with Crippen LogP contribution < -0.4 is 10.6 Å². The number of ketones is 1. The van der Waals surface area contributed by atoms with Crippen molar-refractivity contribution >= 4 is 38.4 Å². The third-order valence-corrected chi connectivity index (χ3v) is 8.26. The molecule has 0 saturated carbocycles. The molecule has 1 aliphatic heterocycles. The summed E-state index contributed by atoms with van der Waals surface area (Å²) in [7, 11) is -4.15. The molecule has 9 nitrogen and oxygen atoms in total. The number of nitrogens with zero attached hydrogens (tertiary/aromatic N) is 2. The first-order valence-corrected chi connectivity index (χ1v) is 14.2. The van der Waals surface area contributed by atoms with Crippen molar-refractivity contribution in [1.82, 2.24) is 19.9 Å². The highest BCUT2D eigenvalue weighted by molar-refractivity contribution is 7.89. The van der Waals surface area contributed by atoms with E-state index in [0.29, 0.717) is 24.8 Å². The first kappa shape index (κ1) is 27.4. The van der Waals surface area contributed by atoms with E-state index < -0.39 is 39.8 Å². The van der Waals surface area contributed by atoms with Crippen molar-refractivity contribution in [2.45, 2.75) is 56.8 Å². The summed E-state index contributed by atoms with van der Waals surface area (Å²) in [4.78, 5) is 43.6. The summed E-state index contributed by atoms with van der Waals surface area (Å²) in [6.07, 6.45) is 1.40. The number of hydrogen-bond donors (Lipinski definition) is 2. The van der Waals surface area contributed by atoms with Crippen molar-refractivity contribution in [2.75, 3.05) is 6.54 Å². The number of benzene rings is 2. The first-order valence-electron chi connectivity index (χ1n) is 12.7. The van der Waals surface area contributed by atoms with Gasteiger partial charge in [0, 0.05) is 24.7 Å². The van der Waals surface area contributed by atoms with Crippen molar-refractivity contribution in [2.24, 2.45) is 5.92 Å². The number of pyridine rings is 1. The fourth-order valence-electron chi connectivity index (χ4n) is 4.53. The van der Waals surface area contributed by atoms with Crippen LogP contribution in [0.1, 0.15) is 49.9 Å². The standard InChI is InChI=1S/C28H32N4O5S/c1-19(2)17-23(30-27(34)22-14-13-20-9-3-4-10-21(20)18-22)28(35)31-26-24(33)11-6-8-16-32(26)38(36,37)25-12-5-7-15-29-25/h3-5,7,9-10,12-15,18-19,23,26H,6,8,11,16-17H2,1-2H3,(H,30,34)(H,31,35)/t23?,26-/m0/s1. The van der Waals surface area contributed by atoms with Crippen LogP contribution in [-0.2, 0) is 19.6 Å². The van der Waals surface area contributed by atoms with Gasteiger partial charge in [0.25, 0.3) is 15.9 Å². The molecule has 0 aliphatic carbocycles. The number of Topliss-reactive ketones (excluding diaryl/α,β-unsaturated/α-hetero) is 1. The quantitative estimate of drug-likeness (QED) is 0.455. The van der Waals surface area contributed by atoms with Crippen LogP contribution in [0.4, 0.5) is 0 Å². The van der Waals surface area contributed by atoms with Gasteiger partial charge in [-0.05, 0) is 60.2 Å². The van der Waals surface area contributed by atoms with Crippen LogP contribution in [0.15, 0.2) is 71.9 Å². The maximum Gasteiger partial charge on any atom is 0.262 e. The van der Waals surface area contributed by atoms with Crippen molar-refractivity contribution in [3.63, 3.8) is 0 Å². The molecule has 2 heterocycles. The van der Waals surface area contributed by atoms with Gasteiger partial charge < -0.3 is 10.6 Å². The largest absolute Gasteiger partial charge is 0.340 e. The normalized spacial score (nSPS) is 17.7. The Bertz CT molecular complexity index is 1430. The van der Waals surface area contributed by atoms with E-state index in [1.54, 1.807) is 24.3 Å². The topological polar surface area (TPSA) is 126 Å². The minimum Gasteiger partial charge on any atom is -0.340 e. The van der Waals surface area contributed by atoms with Crippen molar-refractivity contribution in [3.05, 3.63) is 72.4 Å². The molecule has 1 aromatic heterocycles. The van der Waals surface area contributed by atoms with Gasteiger partial charge in [0.15, 0.2) is 17.0 Å². The fraction of sp³-hybridized carbons (Fsp3) is 0.357. The van der Waals surface area contributed by atoms with Gasteiger partial charge in [-0.3, -0.25) is 14.4 Å². The molecule has 1 fully saturated rings. The SMILES string of the molecule is CC(C)CC(NC(=O)c1ccc2ccccc2c1)C(=O)N[C@@H]1C(=O)CCCCN1S(=O)(=O)c1ccccn1. The highest BCUT2D eigenvalue weighted by Crippen LogP contribution is 2.22. The Balaban J connectivity index is 1.58. The van der Waals surface area contributed by atoms with Crippen molar-refractivity contribution < 1.29 is 22.8 Å². The first-order chi connectivity index (χ1) is 18.2. The molecule has 2 amide bonds. The number of nitrogens with one attached hydrogen (secondary N) is 2. The minimum absolute atomic E-state index is 0.0424. The molecule has 4 rings (SSSR count). The average Bonchev–Trinajstić information content (AvgIpc) is 3.09. The van der Waals surface area contributed by atoms with E-state index >= 15 is 0 Å². The minimum atomic E-state index is -4.15. The van der Waals surface area contributed by atoms with Gasteiger partial charge in [-0.1, -0.05) is 50.2 Å². The monoisotopic (exact) mass is 536 g/mol. The van der Waals surface area contributed by atoms with Gasteiger partial charge in [0.2, 0.25) is 5.91 Å². The van der Waals surface area contributed by atoms with E-state index in [4.69, 9.17) is 0 Å². The number of carbonyl (C=O) groups excluding carboxylic acids is 3. The number of fused-ring (bicyclic) bond motifs is 1. The lowest BCUT2D eigenvalue weighted by molar-refractivity contribution is -0.131. The molecule has 1 saturated heterocycles. The molecule has 38 heavy (non-hydrogen) atoms. The summed E-state index contributed by atoms with van der Waals surface area (Å²) >= 11 is 0. The number of rotatable bonds is 8. The maximum absolute atomic E-state index is 13.5. The molecule has 3 aromatic rings. The molecular formula is C28H32N4O5S. The van der Waals surface area contributed by atoms with Crippen LogP contribution in [0.5, 0.6) is 0 Å². The van der Waals surface area contributed by atoms with Crippen LogP contribution >= 0.6 is 0 Å². The Kier molecular flexibility index (Phi) is 8.53. The molecule has 2 N–H and O–H groups in total. The van der Waals surface area contributed by atoms with Crippen LogP contribution in [0.25, 0.3) is 10.8 Å². The van der Waals surface area contributed by atoms with E-state index in [1.165, 1.54) is 12.3 Å². The highest BCUT2D eigenvalue weighted by atomic mass is 32.2. The summed E-state index contributed by atoms with van der Waals surface area (Å²) in [5.41, 5.74) is 0.398. The average molecular weight is 537 g/mol. The lowest BCUT2D eigenvalue weighted by Gasteiger charge is -2.30. The third kappa shape index (κ3) is 6.25. The van der Waals surface area contributed by atoms with Crippen LogP contribution in [-0.4, -0.2) is 54.1 Å². The van der Waals surface area contributed by atoms with E-state index in [1.807, 2.05) is 44.2 Å². The Morgan fingerprint density at radius 1 is 1.03 bits per heavy atom. The van der Waals surface area contributed by atoms with E-state index in [9.17, 15) is 22.8 Å². The van der Waals surface area contributed by atoms with Gasteiger partial charge in [0.1, 0.15) is 6.04 Å². The fourth-order valence-corrected chi connectivity index (χ4v) is 6.04. The van der Waals surface area contributed by atoms with Gasteiger partial charge in [-0.25, -0.2) is 13.4 Å². The Morgan fingerprint density at radius 3 is 2.47 bits per heavy atom. The molecule has 1 unspecified atom stereocenters. The second kappa shape index (κ2) is 11.8. The third-order valence-electron chi connectivity index (χ3n) is 6.47. The summed E-state index contributed by atoms with van der Waals surface area (Å²) in [5.74, 6) is -1.41. The van der Waals surface area contributed by atoms with Gasteiger partial charge in [-0.15, -0.1) is 0 Å². The molecule has 0 spiro atoms. The van der Waals surface area contributed by atoms with E-state index in [0.717, 1.165) is 15.1 Å². The molecular weight excluding hydrogens is 504 g/mol. The smallest absolute Gasteiger partial charge is 0.262 e.